The van der Waals surface area contributed by atoms with Crippen LogP contribution in [0.5, 0.6) is 0 Å². The maximum absolute atomic E-state index is 11.7. The zero-order valence-corrected chi connectivity index (χ0v) is 12.9. The number of para-hydroxylation sites is 2. The minimum atomic E-state index is -1.04. The van der Waals surface area contributed by atoms with Crippen molar-refractivity contribution in [3.8, 4) is 0 Å². The van der Waals surface area contributed by atoms with Gasteiger partial charge in [-0.2, -0.15) is 5.10 Å². The highest BCUT2D eigenvalue weighted by atomic mass is 35.5. The van der Waals surface area contributed by atoms with Crippen LogP contribution in [-0.2, 0) is 9.59 Å². The highest BCUT2D eigenvalue weighted by Crippen LogP contribution is 2.20. The van der Waals surface area contributed by atoms with Crippen LogP contribution in [0.25, 0.3) is 0 Å². The van der Waals surface area contributed by atoms with Crippen LogP contribution in [0.3, 0.4) is 0 Å². The second kappa shape index (κ2) is 7.84. The van der Waals surface area contributed by atoms with Gasteiger partial charge in [0, 0.05) is 6.07 Å². The van der Waals surface area contributed by atoms with Gasteiger partial charge in [-0.1, -0.05) is 35.9 Å². The van der Waals surface area contributed by atoms with E-state index in [1.807, 2.05) is 5.43 Å². The van der Waals surface area contributed by atoms with Crippen molar-refractivity contribution in [3.05, 3.63) is 69.2 Å². The number of nitrogens with zero attached hydrogens (tertiary/aromatic N) is 2. The van der Waals surface area contributed by atoms with E-state index in [1.54, 1.807) is 24.3 Å². The summed E-state index contributed by atoms with van der Waals surface area (Å²) in [5.41, 5.74) is 2.29. The Hall–Kier alpha value is -3.26. The number of nitro benzene ring substituents is 1. The van der Waals surface area contributed by atoms with E-state index in [0.29, 0.717) is 0 Å². The van der Waals surface area contributed by atoms with Gasteiger partial charge in [0.2, 0.25) is 0 Å². The number of anilines is 1. The maximum atomic E-state index is 11.7. The van der Waals surface area contributed by atoms with Crippen LogP contribution in [0.15, 0.2) is 53.6 Å². The minimum absolute atomic E-state index is 0.170. The van der Waals surface area contributed by atoms with Gasteiger partial charge in [-0.25, -0.2) is 5.43 Å². The highest BCUT2D eigenvalue weighted by Gasteiger charge is 2.15. The first-order chi connectivity index (χ1) is 11.5. The first-order valence-corrected chi connectivity index (χ1v) is 6.99. The zero-order valence-electron chi connectivity index (χ0n) is 12.1. The van der Waals surface area contributed by atoms with Gasteiger partial charge in [-0.3, -0.25) is 19.7 Å². The van der Waals surface area contributed by atoms with E-state index >= 15 is 0 Å². The second-order valence-corrected chi connectivity index (χ2v) is 4.86. The molecule has 2 N–H and O–H groups in total. The molecule has 2 rings (SSSR count). The smallest absolute Gasteiger partial charge is 0.316 e. The molecule has 2 aromatic rings. The predicted octanol–water partition coefficient (Wildman–Crippen LogP) is 2.34. The van der Waals surface area contributed by atoms with Crippen molar-refractivity contribution in [2.45, 2.75) is 0 Å². The molecule has 8 nitrogen and oxygen atoms in total. The summed E-state index contributed by atoms with van der Waals surface area (Å²) in [5.74, 6) is -2.01. The summed E-state index contributed by atoms with van der Waals surface area (Å²) >= 11 is 5.86. The number of halogens is 1. The number of nitro groups is 1. The van der Waals surface area contributed by atoms with Gasteiger partial charge >= 0.3 is 11.8 Å². The Morgan fingerprint density at radius 1 is 1.08 bits per heavy atom. The third kappa shape index (κ3) is 4.37. The summed E-state index contributed by atoms with van der Waals surface area (Å²) in [5, 5.41) is 17.0. The zero-order chi connectivity index (χ0) is 17.5. The fourth-order valence-corrected chi connectivity index (χ4v) is 1.90. The molecule has 0 heterocycles. The quantitative estimate of drug-likeness (QED) is 0.382. The number of amides is 2. The molecule has 0 saturated heterocycles. The lowest BCUT2D eigenvalue weighted by atomic mass is 10.2. The van der Waals surface area contributed by atoms with E-state index in [9.17, 15) is 19.7 Å². The molecule has 2 aromatic carbocycles. The molecule has 24 heavy (non-hydrogen) atoms. The van der Waals surface area contributed by atoms with Gasteiger partial charge in [0.05, 0.1) is 27.4 Å². The first-order valence-electron chi connectivity index (χ1n) is 6.61. The van der Waals surface area contributed by atoms with Gasteiger partial charge in [-0.05, 0) is 18.2 Å². The number of rotatable bonds is 4. The van der Waals surface area contributed by atoms with Crippen LogP contribution in [0.1, 0.15) is 5.56 Å². The van der Waals surface area contributed by atoms with Crippen molar-refractivity contribution >= 4 is 41.0 Å². The predicted molar refractivity (Wildman–Crippen MR) is 88.9 cm³/mol. The maximum Gasteiger partial charge on any atom is 0.329 e. The lowest BCUT2D eigenvalue weighted by Crippen LogP contribution is -2.32. The monoisotopic (exact) mass is 346 g/mol. The Balaban J connectivity index is 1.99. The topological polar surface area (TPSA) is 114 Å². The fraction of sp³-hybridized carbons (Fsp3) is 0. The summed E-state index contributed by atoms with van der Waals surface area (Å²) in [6, 6.07) is 12.3. The molecule has 0 aliphatic carbocycles. The van der Waals surface area contributed by atoms with Crippen LogP contribution >= 0.6 is 11.6 Å². The average molecular weight is 347 g/mol. The minimum Gasteiger partial charge on any atom is -0.316 e. The molecule has 0 unspecified atom stereocenters. The van der Waals surface area contributed by atoms with Crippen LogP contribution in [0.2, 0.25) is 5.02 Å². The van der Waals surface area contributed by atoms with E-state index in [4.69, 9.17) is 11.6 Å². The molecule has 122 valence electrons. The van der Waals surface area contributed by atoms with Crippen LogP contribution < -0.4 is 10.7 Å². The van der Waals surface area contributed by atoms with Gasteiger partial charge in [-0.15, -0.1) is 0 Å². The van der Waals surface area contributed by atoms with Crippen LogP contribution in [0, 0.1) is 10.1 Å². The molecule has 0 aliphatic rings. The van der Waals surface area contributed by atoms with Gasteiger partial charge in [0.1, 0.15) is 0 Å². The highest BCUT2D eigenvalue weighted by molar-refractivity contribution is 6.41. The fourth-order valence-electron chi connectivity index (χ4n) is 1.72. The third-order valence-electron chi connectivity index (χ3n) is 2.83. The number of hydrazone groups is 1. The number of benzene rings is 2. The molecule has 0 bridgehead atoms. The van der Waals surface area contributed by atoms with Crippen molar-refractivity contribution < 1.29 is 14.5 Å². The number of carbonyl (C=O) groups excluding carboxylic acids is 2. The first kappa shape index (κ1) is 17.1. The van der Waals surface area contributed by atoms with Crippen LogP contribution in [-0.4, -0.2) is 23.0 Å². The Kier molecular flexibility index (Phi) is 5.58. The van der Waals surface area contributed by atoms with E-state index in [1.165, 1.54) is 24.3 Å². The molecule has 0 fully saturated rings. The lowest BCUT2D eigenvalue weighted by Gasteiger charge is -2.05. The molecule has 0 spiro atoms. The SMILES string of the molecule is O=C(N/N=C/c1ccccc1[N+](=O)[O-])C(=O)Nc1ccccc1Cl. The normalized spacial score (nSPS) is 10.4. The number of carbonyl (C=O) groups is 2. The molecule has 0 aromatic heterocycles. The Morgan fingerprint density at radius 2 is 1.75 bits per heavy atom. The molecule has 9 heteroatoms. The summed E-state index contributed by atoms with van der Waals surface area (Å²) in [4.78, 5) is 33.6. The number of hydrogen-bond donors (Lipinski definition) is 2. The largest absolute Gasteiger partial charge is 0.329 e. The number of hydrogen-bond acceptors (Lipinski definition) is 5. The van der Waals surface area contributed by atoms with E-state index in [-0.39, 0.29) is 22.0 Å². The van der Waals surface area contributed by atoms with Gasteiger partial charge in [0.15, 0.2) is 0 Å². The molecule has 2 amide bonds. The van der Waals surface area contributed by atoms with Crippen molar-refractivity contribution in [2.24, 2.45) is 5.10 Å². The summed E-state index contributed by atoms with van der Waals surface area (Å²) < 4.78 is 0. The molecule has 0 radical (unpaired) electrons. The molecular formula is C15H11ClN4O4. The van der Waals surface area contributed by atoms with Gasteiger partial charge in [0.25, 0.3) is 5.69 Å². The summed E-state index contributed by atoms with van der Waals surface area (Å²) in [6.07, 6.45) is 1.08. The number of nitrogens with one attached hydrogen (secondary N) is 2. The lowest BCUT2D eigenvalue weighted by molar-refractivity contribution is -0.385. The standard InChI is InChI=1S/C15H11ClN4O4/c16-11-6-2-3-7-12(11)18-14(21)15(22)19-17-9-10-5-1-4-8-13(10)20(23)24/h1-9H,(H,18,21)(H,19,22)/b17-9+. The molecular weight excluding hydrogens is 336 g/mol. The average Bonchev–Trinajstić information content (AvgIpc) is 2.57. The van der Waals surface area contributed by atoms with E-state index < -0.39 is 16.7 Å². The third-order valence-corrected chi connectivity index (χ3v) is 3.16. The molecule has 0 atom stereocenters. The van der Waals surface area contributed by atoms with E-state index in [0.717, 1.165) is 6.21 Å². The van der Waals surface area contributed by atoms with Crippen molar-refractivity contribution in [1.82, 2.24) is 5.43 Å². The Labute approximate surface area is 141 Å². The summed E-state index contributed by atoms with van der Waals surface area (Å²) in [7, 11) is 0. The second-order valence-electron chi connectivity index (χ2n) is 4.45. The Morgan fingerprint density at radius 3 is 2.46 bits per heavy atom. The Bertz CT molecular complexity index is 823. The van der Waals surface area contributed by atoms with Crippen molar-refractivity contribution in [2.75, 3.05) is 5.32 Å². The van der Waals surface area contributed by atoms with Crippen LogP contribution in [0.4, 0.5) is 11.4 Å². The molecule has 0 saturated carbocycles. The van der Waals surface area contributed by atoms with E-state index in [2.05, 4.69) is 10.4 Å². The molecule has 0 aliphatic heterocycles. The van der Waals surface area contributed by atoms with Crippen molar-refractivity contribution in [3.63, 3.8) is 0 Å². The summed E-state index contributed by atoms with van der Waals surface area (Å²) in [6.45, 7) is 0. The van der Waals surface area contributed by atoms with Gasteiger partial charge < -0.3 is 5.32 Å². The van der Waals surface area contributed by atoms with Crippen molar-refractivity contribution in [1.29, 1.82) is 0 Å².